The summed E-state index contributed by atoms with van der Waals surface area (Å²) in [6.07, 6.45) is 0.824. The highest BCUT2D eigenvalue weighted by molar-refractivity contribution is 6.14. The van der Waals surface area contributed by atoms with Crippen LogP contribution in [0.3, 0.4) is 0 Å². The van der Waals surface area contributed by atoms with Crippen molar-refractivity contribution in [1.82, 2.24) is 0 Å². The molecule has 0 amide bonds. The van der Waals surface area contributed by atoms with Gasteiger partial charge in [-0.3, -0.25) is 0 Å². The van der Waals surface area contributed by atoms with Crippen LogP contribution in [0.4, 0.5) is 0 Å². The van der Waals surface area contributed by atoms with Crippen LogP contribution in [0.2, 0.25) is 0 Å². The van der Waals surface area contributed by atoms with Crippen molar-refractivity contribution < 1.29 is 38.0 Å². The lowest BCUT2D eigenvalue weighted by Crippen LogP contribution is -2.04. The normalized spacial score (nSPS) is 13.6. The molecule has 8 heteroatoms. The molecule has 3 aromatic carbocycles. The lowest BCUT2D eigenvalue weighted by atomic mass is 9.89. The third-order valence-corrected chi connectivity index (χ3v) is 5.81. The number of benzene rings is 3. The number of rotatable bonds is 7. The van der Waals surface area contributed by atoms with Crippen molar-refractivity contribution >= 4 is 16.7 Å². The molecule has 0 saturated carbocycles. The fraction of sp³-hybridized carbons (Fsp3) is 0.320. The van der Waals surface area contributed by atoms with Crippen molar-refractivity contribution in [2.24, 2.45) is 0 Å². The minimum atomic E-state index is -0.408. The molecule has 172 valence electrons. The van der Waals surface area contributed by atoms with Gasteiger partial charge in [0.05, 0.1) is 33.5 Å². The van der Waals surface area contributed by atoms with Gasteiger partial charge in [-0.25, -0.2) is 4.79 Å². The molecule has 5 rings (SSSR count). The second-order valence-electron chi connectivity index (χ2n) is 7.65. The largest absolute Gasteiger partial charge is 0.493 e. The van der Waals surface area contributed by atoms with E-state index in [0.29, 0.717) is 63.4 Å². The van der Waals surface area contributed by atoms with Crippen LogP contribution in [0.1, 0.15) is 29.3 Å². The molecule has 0 spiro atoms. The van der Waals surface area contributed by atoms with E-state index >= 15 is 0 Å². The van der Waals surface area contributed by atoms with Crippen molar-refractivity contribution in [2.45, 2.75) is 20.0 Å². The van der Waals surface area contributed by atoms with Crippen LogP contribution >= 0.6 is 0 Å². The monoisotopic (exact) mass is 452 g/mol. The van der Waals surface area contributed by atoms with Crippen LogP contribution in [0.25, 0.3) is 21.9 Å². The molecule has 0 N–H and O–H groups in total. The Balaban J connectivity index is 1.89. The molecule has 0 atom stereocenters. The quantitative estimate of drug-likeness (QED) is 0.477. The minimum Gasteiger partial charge on any atom is -0.493 e. The standard InChI is InChI=1S/C25H24O8/c1-5-6-30-23-15-10-18-17(32-12-33-18)9-14(15)21(22-16(23)11-31-25(22)26)13-7-19(27-2)24(29-4)20(8-13)28-3/h7-10H,5-6,11-12H2,1-4H3. The van der Waals surface area contributed by atoms with E-state index in [0.717, 1.165) is 17.2 Å². The molecule has 2 aliphatic rings. The Morgan fingerprint density at radius 1 is 0.818 bits per heavy atom. The summed E-state index contributed by atoms with van der Waals surface area (Å²) in [5.74, 6) is 2.87. The van der Waals surface area contributed by atoms with Crippen LogP contribution in [0.15, 0.2) is 24.3 Å². The smallest absolute Gasteiger partial charge is 0.339 e. The molecule has 0 unspecified atom stereocenters. The van der Waals surface area contributed by atoms with Gasteiger partial charge in [-0.05, 0) is 41.6 Å². The Morgan fingerprint density at radius 2 is 1.48 bits per heavy atom. The highest BCUT2D eigenvalue weighted by Gasteiger charge is 2.34. The van der Waals surface area contributed by atoms with E-state index in [1.54, 1.807) is 21.3 Å². The van der Waals surface area contributed by atoms with Gasteiger partial charge in [-0.2, -0.15) is 0 Å². The Labute approximate surface area is 190 Å². The Bertz CT molecular complexity index is 1240. The van der Waals surface area contributed by atoms with E-state index < -0.39 is 5.97 Å². The number of carbonyl (C=O) groups excluding carboxylic acids is 1. The second kappa shape index (κ2) is 8.27. The summed E-state index contributed by atoms with van der Waals surface area (Å²) in [6, 6.07) is 7.41. The lowest BCUT2D eigenvalue weighted by molar-refractivity contribution is 0.0534. The molecule has 0 bridgehead atoms. The van der Waals surface area contributed by atoms with E-state index in [2.05, 4.69) is 0 Å². The molecule has 33 heavy (non-hydrogen) atoms. The number of methoxy groups -OCH3 is 3. The number of cyclic esters (lactones) is 1. The van der Waals surface area contributed by atoms with Gasteiger partial charge in [0.1, 0.15) is 12.4 Å². The summed E-state index contributed by atoms with van der Waals surface area (Å²) < 4.78 is 39.5. The molecule has 0 saturated heterocycles. The van der Waals surface area contributed by atoms with Gasteiger partial charge in [0.15, 0.2) is 23.0 Å². The Kier molecular flexibility index (Phi) is 5.28. The third kappa shape index (κ3) is 3.25. The fourth-order valence-electron chi connectivity index (χ4n) is 4.37. The van der Waals surface area contributed by atoms with E-state index in [1.807, 2.05) is 31.2 Å². The van der Waals surface area contributed by atoms with Crippen LogP contribution in [0, 0.1) is 0 Å². The number of hydrogen-bond acceptors (Lipinski definition) is 8. The van der Waals surface area contributed by atoms with Gasteiger partial charge in [0.2, 0.25) is 12.5 Å². The first-order valence-electron chi connectivity index (χ1n) is 10.6. The Morgan fingerprint density at radius 3 is 2.09 bits per heavy atom. The summed E-state index contributed by atoms with van der Waals surface area (Å²) in [4.78, 5) is 13.0. The highest BCUT2D eigenvalue weighted by Crippen LogP contribution is 2.51. The zero-order chi connectivity index (χ0) is 23.1. The maximum absolute atomic E-state index is 13.0. The van der Waals surface area contributed by atoms with Crippen molar-refractivity contribution in [1.29, 1.82) is 0 Å². The van der Waals surface area contributed by atoms with Crippen molar-refractivity contribution in [3.8, 4) is 45.6 Å². The summed E-state index contributed by atoms with van der Waals surface area (Å²) >= 11 is 0. The van der Waals surface area contributed by atoms with Gasteiger partial charge >= 0.3 is 5.97 Å². The topological polar surface area (TPSA) is 81.7 Å². The summed E-state index contributed by atoms with van der Waals surface area (Å²) in [7, 11) is 4.65. The molecular weight excluding hydrogens is 428 g/mol. The molecule has 2 heterocycles. The number of carbonyl (C=O) groups is 1. The molecule has 2 aliphatic heterocycles. The number of hydrogen-bond donors (Lipinski definition) is 0. The third-order valence-electron chi connectivity index (χ3n) is 5.81. The second-order valence-corrected chi connectivity index (χ2v) is 7.65. The van der Waals surface area contributed by atoms with Gasteiger partial charge in [-0.1, -0.05) is 6.92 Å². The van der Waals surface area contributed by atoms with Crippen molar-refractivity contribution in [2.75, 3.05) is 34.7 Å². The van der Waals surface area contributed by atoms with Crippen molar-refractivity contribution in [3.05, 3.63) is 35.4 Å². The van der Waals surface area contributed by atoms with Crippen LogP contribution < -0.4 is 28.4 Å². The van der Waals surface area contributed by atoms with Crippen molar-refractivity contribution in [3.63, 3.8) is 0 Å². The number of fused-ring (bicyclic) bond motifs is 3. The first kappa shape index (κ1) is 21.1. The minimum absolute atomic E-state index is 0.134. The first-order chi connectivity index (χ1) is 16.1. The van der Waals surface area contributed by atoms with Gasteiger partial charge in [0, 0.05) is 16.5 Å². The molecule has 3 aromatic rings. The predicted octanol–water partition coefficient (Wildman–Crippen LogP) is 4.72. The zero-order valence-electron chi connectivity index (χ0n) is 18.9. The summed E-state index contributed by atoms with van der Waals surface area (Å²) in [5, 5.41) is 1.59. The molecule has 0 radical (unpaired) electrons. The average Bonchev–Trinajstić information content (AvgIpc) is 3.45. The maximum atomic E-state index is 13.0. The first-order valence-corrected chi connectivity index (χ1v) is 10.6. The molecule has 0 aromatic heterocycles. The van der Waals surface area contributed by atoms with Gasteiger partial charge < -0.3 is 33.2 Å². The van der Waals surface area contributed by atoms with E-state index in [9.17, 15) is 4.79 Å². The molecule has 0 fully saturated rings. The average molecular weight is 452 g/mol. The van der Waals surface area contributed by atoms with E-state index in [1.165, 1.54) is 0 Å². The van der Waals surface area contributed by atoms with Gasteiger partial charge in [-0.15, -0.1) is 0 Å². The fourth-order valence-corrected chi connectivity index (χ4v) is 4.37. The number of esters is 1. The predicted molar refractivity (Wildman–Crippen MR) is 120 cm³/mol. The van der Waals surface area contributed by atoms with Crippen LogP contribution in [-0.2, 0) is 11.3 Å². The maximum Gasteiger partial charge on any atom is 0.339 e. The van der Waals surface area contributed by atoms with Crippen LogP contribution in [0.5, 0.6) is 34.5 Å². The highest BCUT2D eigenvalue weighted by atomic mass is 16.7. The van der Waals surface area contributed by atoms with Gasteiger partial charge in [0.25, 0.3) is 0 Å². The molecular formula is C25H24O8. The molecule has 8 nitrogen and oxygen atoms in total. The summed E-state index contributed by atoms with van der Waals surface area (Å²) in [6.45, 7) is 2.81. The SMILES string of the molecule is CCCOc1c2c(c(-c3cc(OC)c(OC)c(OC)c3)c3cc4c(cc13)OCO4)C(=O)OC2. The summed E-state index contributed by atoms with van der Waals surface area (Å²) in [5.41, 5.74) is 2.57. The molecule has 0 aliphatic carbocycles. The number of ether oxygens (including phenoxy) is 7. The van der Waals surface area contributed by atoms with E-state index in [4.69, 9.17) is 33.2 Å². The lowest BCUT2D eigenvalue weighted by Gasteiger charge is -2.19. The van der Waals surface area contributed by atoms with E-state index in [-0.39, 0.29) is 13.4 Å². The Hall–Kier alpha value is -3.81. The van der Waals surface area contributed by atoms with Crippen LogP contribution in [-0.4, -0.2) is 40.7 Å². The zero-order valence-corrected chi connectivity index (χ0v) is 18.9.